The van der Waals surface area contributed by atoms with Gasteiger partial charge >= 0.3 is 0 Å². The molecular weight excluding hydrogens is 252 g/mol. The third-order valence-electron chi connectivity index (χ3n) is 4.99. The third-order valence-corrected chi connectivity index (χ3v) is 4.99. The molecule has 0 spiro atoms. The standard InChI is InChI=1S/C16H30N2O2/c1-13(19)15-7-9-18(10-8-15)12-16(20)17-11-14-5-3-2-4-6-14/h13-15,19H,2-12H2,1H3,(H,17,20). The fourth-order valence-electron chi connectivity index (χ4n) is 3.50. The van der Waals surface area contributed by atoms with Crippen LogP contribution in [-0.4, -0.2) is 48.2 Å². The monoisotopic (exact) mass is 282 g/mol. The lowest BCUT2D eigenvalue weighted by Gasteiger charge is -2.32. The van der Waals surface area contributed by atoms with E-state index in [-0.39, 0.29) is 12.0 Å². The van der Waals surface area contributed by atoms with Crippen molar-refractivity contribution >= 4 is 5.91 Å². The number of aliphatic hydroxyl groups is 1. The molecule has 1 saturated heterocycles. The number of piperidine rings is 1. The highest BCUT2D eigenvalue weighted by atomic mass is 16.3. The van der Waals surface area contributed by atoms with Crippen LogP contribution in [0.4, 0.5) is 0 Å². The molecule has 2 aliphatic rings. The summed E-state index contributed by atoms with van der Waals surface area (Å²) in [5.41, 5.74) is 0. The molecule has 0 bridgehead atoms. The van der Waals surface area contributed by atoms with Crippen LogP contribution in [-0.2, 0) is 4.79 Å². The van der Waals surface area contributed by atoms with E-state index in [1.165, 1.54) is 32.1 Å². The van der Waals surface area contributed by atoms with E-state index in [1.807, 2.05) is 6.92 Å². The van der Waals surface area contributed by atoms with E-state index in [2.05, 4.69) is 10.2 Å². The van der Waals surface area contributed by atoms with E-state index in [0.717, 1.165) is 32.5 Å². The predicted octanol–water partition coefficient (Wildman–Crippen LogP) is 1.78. The second kappa shape index (κ2) is 7.99. The van der Waals surface area contributed by atoms with Crippen molar-refractivity contribution in [2.24, 2.45) is 11.8 Å². The summed E-state index contributed by atoms with van der Waals surface area (Å²) < 4.78 is 0. The highest BCUT2D eigenvalue weighted by molar-refractivity contribution is 5.78. The lowest BCUT2D eigenvalue weighted by atomic mass is 9.89. The van der Waals surface area contributed by atoms with Crippen molar-refractivity contribution in [2.45, 2.75) is 58.0 Å². The van der Waals surface area contributed by atoms with E-state index in [9.17, 15) is 9.90 Å². The van der Waals surface area contributed by atoms with E-state index in [4.69, 9.17) is 0 Å². The van der Waals surface area contributed by atoms with Gasteiger partial charge in [-0.2, -0.15) is 0 Å². The quantitative estimate of drug-likeness (QED) is 0.808. The number of rotatable bonds is 5. The minimum atomic E-state index is -0.211. The van der Waals surface area contributed by atoms with Crippen molar-refractivity contribution < 1.29 is 9.90 Å². The van der Waals surface area contributed by atoms with Crippen molar-refractivity contribution in [3.05, 3.63) is 0 Å². The van der Waals surface area contributed by atoms with Gasteiger partial charge in [-0.25, -0.2) is 0 Å². The van der Waals surface area contributed by atoms with Gasteiger partial charge in [-0.15, -0.1) is 0 Å². The Balaban J connectivity index is 1.60. The molecule has 1 heterocycles. The van der Waals surface area contributed by atoms with E-state index in [0.29, 0.717) is 18.4 Å². The van der Waals surface area contributed by atoms with Crippen molar-refractivity contribution in [3.8, 4) is 0 Å². The summed E-state index contributed by atoms with van der Waals surface area (Å²) in [5, 5.41) is 12.7. The molecule has 20 heavy (non-hydrogen) atoms. The zero-order valence-corrected chi connectivity index (χ0v) is 12.8. The van der Waals surface area contributed by atoms with Crippen LogP contribution in [0.5, 0.6) is 0 Å². The van der Waals surface area contributed by atoms with Crippen molar-refractivity contribution in [2.75, 3.05) is 26.2 Å². The molecule has 1 amide bonds. The number of carbonyl (C=O) groups is 1. The van der Waals surface area contributed by atoms with Gasteiger partial charge in [0.15, 0.2) is 0 Å². The molecule has 2 fully saturated rings. The van der Waals surface area contributed by atoms with Crippen LogP contribution in [0.3, 0.4) is 0 Å². The van der Waals surface area contributed by atoms with Crippen LogP contribution in [0.25, 0.3) is 0 Å². The maximum absolute atomic E-state index is 12.0. The molecule has 4 nitrogen and oxygen atoms in total. The molecule has 1 aliphatic heterocycles. The first-order chi connectivity index (χ1) is 9.65. The average molecular weight is 282 g/mol. The largest absolute Gasteiger partial charge is 0.393 e. The zero-order valence-electron chi connectivity index (χ0n) is 12.8. The lowest BCUT2D eigenvalue weighted by Crippen LogP contribution is -2.43. The van der Waals surface area contributed by atoms with Crippen molar-refractivity contribution in [1.82, 2.24) is 10.2 Å². The van der Waals surface area contributed by atoms with Gasteiger partial charge in [0.2, 0.25) is 5.91 Å². The lowest BCUT2D eigenvalue weighted by molar-refractivity contribution is -0.122. The van der Waals surface area contributed by atoms with Gasteiger partial charge in [-0.05, 0) is 57.5 Å². The molecule has 2 N–H and O–H groups in total. The Kier molecular flexibility index (Phi) is 6.30. The summed E-state index contributed by atoms with van der Waals surface area (Å²) in [5.74, 6) is 1.29. The maximum Gasteiger partial charge on any atom is 0.234 e. The minimum absolute atomic E-state index is 0.172. The number of likely N-dealkylation sites (tertiary alicyclic amines) is 1. The van der Waals surface area contributed by atoms with Crippen LogP contribution in [0, 0.1) is 11.8 Å². The average Bonchev–Trinajstić information content (AvgIpc) is 2.47. The number of amides is 1. The summed E-state index contributed by atoms with van der Waals surface area (Å²) in [6, 6.07) is 0. The van der Waals surface area contributed by atoms with Crippen LogP contribution in [0.15, 0.2) is 0 Å². The Morgan fingerprint density at radius 2 is 1.85 bits per heavy atom. The van der Waals surface area contributed by atoms with E-state index in [1.54, 1.807) is 0 Å². The van der Waals surface area contributed by atoms with Gasteiger partial charge in [0.1, 0.15) is 0 Å². The summed E-state index contributed by atoms with van der Waals surface area (Å²) in [4.78, 5) is 14.2. The first kappa shape index (κ1) is 15.8. The van der Waals surface area contributed by atoms with Gasteiger partial charge in [0.25, 0.3) is 0 Å². The minimum Gasteiger partial charge on any atom is -0.393 e. The van der Waals surface area contributed by atoms with Crippen molar-refractivity contribution in [1.29, 1.82) is 0 Å². The number of carbonyl (C=O) groups excluding carboxylic acids is 1. The number of nitrogens with zero attached hydrogens (tertiary/aromatic N) is 1. The number of hydrogen-bond acceptors (Lipinski definition) is 3. The van der Waals surface area contributed by atoms with Gasteiger partial charge < -0.3 is 10.4 Å². The predicted molar refractivity (Wildman–Crippen MR) is 80.4 cm³/mol. The van der Waals surface area contributed by atoms with Gasteiger partial charge in [0, 0.05) is 6.54 Å². The second-order valence-electron chi connectivity index (χ2n) is 6.66. The molecule has 116 valence electrons. The Morgan fingerprint density at radius 3 is 2.45 bits per heavy atom. The number of hydrogen-bond donors (Lipinski definition) is 2. The molecule has 1 atom stereocenters. The Bertz CT molecular complexity index is 293. The molecule has 1 aliphatic carbocycles. The summed E-state index contributed by atoms with van der Waals surface area (Å²) in [6.45, 7) is 5.14. The molecule has 1 unspecified atom stereocenters. The fourth-order valence-corrected chi connectivity index (χ4v) is 3.50. The first-order valence-electron chi connectivity index (χ1n) is 8.32. The smallest absolute Gasteiger partial charge is 0.234 e. The topological polar surface area (TPSA) is 52.6 Å². The second-order valence-corrected chi connectivity index (χ2v) is 6.66. The van der Waals surface area contributed by atoms with E-state index < -0.39 is 0 Å². The normalized spacial score (nSPS) is 24.5. The molecule has 0 aromatic rings. The molecule has 4 heteroatoms. The van der Waals surface area contributed by atoms with Gasteiger partial charge in [-0.3, -0.25) is 9.69 Å². The van der Waals surface area contributed by atoms with Gasteiger partial charge in [0.05, 0.1) is 12.6 Å². The Labute approximate surface area is 122 Å². The van der Waals surface area contributed by atoms with Gasteiger partial charge in [-0.1, -0.05) is 19.3 Å². The highest BCUT2D eigenvalue weighted by Crippen LogP contribution is 2.23. The zero-order chi connectivity index (χ0) is 14.4. The summed E-state index contributed by atoms with van der Waals surface area (Å²) >= 11 is 0. The molecule has 0 aromatic carbocycles. The van der Waals surface area contributed by atoms with E-state index >= 15 is 0 Å². The maximum atomic E-state index is 12.0. The van der Waals surface area contributed by atoms with Crippen LogP contribution >= 0.6 is 0 Å². The van der Waals surface area contributed by atoms with Crippen LogP contribution in [0.2, 0.25) is 0 Å². The number of nitrogens with one attached hydrogen (secondary N) is 1. The number of aliphatic hydroxyl groups excluding tert-OH is 1. The summed E-state index contributed by atoms with van der Waals surface area (Å²) in [7, 11) is 0. The first-order valence-corrected chi connectivity index (χ1v) is 8.32. The molecule has 2 rings (SSSR count). The van der Waals surface area contributed by atoms with Crippen LogP contribution < -0.4 is 5.32 Å². The molecule has 0 radical (unpaired) electrons. The SMILES string of the molecule is CC(O)C1CCN(CC(=O)NCC2CCCCC2)CC1. The molecule has 0 aromatic heterocycles. The fraction of sp³-hybridized carbons (Fsp3) is 0.938. The Hall–Kier alpha value is -0.610. The van der Waals surface area contributed by atoms with Crippen LogP contribution in [0.1, 0.15) is 51.9 Å². The van der Waals surface area contributed by atoms with Crippen molar-refractivity contribution in [3.63, 3.8) is 0 Å². The Morgan fingerprint density at radius 1 is 1.20 bits per heavy atom. The molecular formula is C16H30N2O2. The highest BCUT2D eigenvalue weighted by Gasteiger charge is 2.23. The molecule has 1 saturated carbocycles. The summed E-state index contributed by atoms with van der Waals surface area (Å²) in [6.07, 6.45) is 8.38. The third kappa shape index (κ3) is 5.06.